The topological polar surface area (TPSA) is 63.7 Å². The van der Waals surface area contributed by atoms with E-state index in [4.69, 9.17) is 9.47 Å². The minimum Gasteiger partial charge on any atom is -0.486 e. The van der Waals surface area contributed by atoms with Crippen LogP contribution in [0.5, 0.6) is 5.75 Å². The highest BCUT2D eigenvalue weighted by Crippen LogP contribution is 2.18. The number of thiazole rings is 1. The average molecular weight is 456 g/mol. The number of rotatable bonds is 9. The molecule has 8 heteroatoms. The predicted octanol–water partition coefficient (Wildman–Crippen LogP) is 3.59. The van der Waals surface area contributed by atoms with Crippen molar-refractivity contribution >= 4 is 17.2 Å². The summed E-state index contributed by atoms with van der Waals surface area (Å²) in [5.41, 5.74) is 1.79. The zero-order valence-corrected chi connectivity index (χ0v) is 18.5. The van der Waals surface area contributed by atoms with Crippen LogP contribution in [0.1, 0.15) is 22.3 Å². The Labute approximate surface area is 191 Å². The van der Waals surface area contributed by atoms with Crippen molar-refractivity contribution in [1.29, 1.82) is 0 Å². The summed E-state index contributed by atoms with van der Waals surface area (Å²) in [7, 11) is 0. The van der Waals surface area contributed by atoms with E-state index in [-0.39, 0.29) is 30.8 Å². The molecule has 1 fully saturated rings. The first-order valence-corrected chi connectivity index (χ1v) is 11.5. The van der Waals surface area contributed by atoms with Gasteiger partial charge in [-0.1, -0.05) is 30.3 Å². The zero-order chi connectivity index (χ0) is 22.2. The lowest BCUT2D eigenvalue weighted by Crippen LogP contribution is -2.43. The number of benzene rings is 2. The van der Waals surface area contributed by atoms with E-state index in [1.54, 1.807) is 12.1 Å². The summed E-state index contributed by atoms with van der Waals surface area (Å²) in [5.74, 6) is 0.209. The number of nitrogens with zero attached hydrogens (tertiary/aromatic N) is 2. The lowest BCUT2D eigenvalue weighted by atomic mass is 10.1. The highest BCUT2D eigenvalue weighted by Gasteiger charge is 2.20. The van der Waals surface area contributed by atoms with Crippen LogP contribution in [0.3, 0.4) is 0 Å². The van der Waals surface area contributed by atoms with Gasteiger partial charge in [0.25, 0.3) is 0 Å². The molecule has 1 aliphatic rings. The smallest absolute Gasteiger partial charge is 0.226 e. The van der Waals surface area contributed by atoms with E-state index in [1.165, 1.54) is 23.5 Å². The summed E-state index contributed by atoms with van der Waals surface area (Å²) >= 11 is 1.45. The number of nitrogens with one attached hydrogen (secondary N) is 1. The summed E-state index contributed by atoms with van der Waals surface area (Å²) in [5, 5.41) is 5.82. The monoisotopic (exact) mass is 455 g/mol. The van der Waals surface area contributed by atoms with Gasteiger partial charge in [-0.3, -0.25) is 9.69 Å². The Morgan fingerprint density at radius 1 is 1.16 bits per heavy atom. The van der Waals surface area contributed by atoms with E-state index < -0.39 is 0 Å². The molecule has 1 amide bonds. The van der Waals surface area contributed by atoms with Crippen molar-refractivity contribution in [2.45, 2.75) is 19.1 Å². The number of amides is 1. The molecule has 0 radical (unpaired) electrons. The quantitative estimate of drug-likeness (QED) is 0.534. The van der Waals surface area contributed by atoms with Crippen molar-refractivity contribution in [2.24, 2.45) is 0 Å². The number of aromatic nitrogens is 1. The molecule has 1 aliphatic heterocycles. The Morgan fingerprint density at radius 3 is 2.66 bits per heavy atom. The molecule has 4 rings (SSSR count). The van der Waals surface area contributed by atoms with Crippen LogP contribution >= 0.6 is 11.3 Å². The van der Waals surface area contributed by atoms with E-state index in [9.17, 15) is 9.18 Å². The molecule has 32 heavy (non-hydrogen) atoms. The van der Waals surface area contributed by atoms with Gasteiger partial charge in [0.05, 0.1) is 31.4 Å². The molecule has 2 heterocycles. The Bertz CT molecular complexity index is 991. The second-order valence-corrected chi connectivity index (χ2v) is 8.54. The van der Waals surface area contributed by atoms with Crippen molar-refractivity contribution in [3.05, 3.63) is 82.1 Å². The maximum absolute atomic E-state index is 13.0. The Balaban J connectivity index is 1.33. The Kier molecular flexibility index (Phi) is 7.82. The van der Waals surface area contributed by atoms with Crippen LogP contribution in [-0.4, -0.2) is 48.6 Å². The minimum atomic E-state index is -0.303. The Morgan fingerprint density at radius 2 is 1.91 bits per heavy atom. The summed E-state index contributed by atoms with van der Waals surface area (Å²) < 4.78 is 24.1. The second-order valence-electron chi connectivity index (χ2n) is 7.60. The molecule has 0 unspecified atom stereocenters. The van der Waals surface area contributed by atoms with Crippen LogP contribution in [0.25, 0.3) is 0 Å². The van der Waals surface area contributed by atoms with Crippen LogP contribution in [-0.2, 0) is 22.6 Å². The standard InChI is InChI=1S/C24H26FN3O3S/c25-19-6-8-21(9-7-19)31-16-24-26-20(17-32-24)14-23(29)27-22(18-4-2-1-3-5-18)15-28-10-12-30-13-11-28/h1-9,17,22H,10-16H2,(H,27,29)/t22-/m1/s1. The van der Waals surface area contributed by atoms with E-state index in [1.807, 2.05) is 35.7 Å². The number of carbonyl (C=O) groups is 1. The number of carbonyl (C=O) groups excluding carboxylic acids is 1. The molecular weight excluding hydrogens is 429 g/mol. The maximum Gasteiger partial charge on any atom is 0.226 e. The molecule has 6 nitrogen and oxygen atoms in total. The summed E-state index contributed by atoms with van der Waals surface area (Å²) in [6.45, 7) is 4.19. The fourth-order valence-electron chi connectivity index (χ4n) is 3.54. The number of morpholine rings is 1. The summed E-state index contributed by atoms with van der Waals surface area (Å²) in [4.78, 5) is 19.6. The van der Waals surface area contributed by atoms with E-state index in [2.05, 4.69) is 15.2 Å². The van der Waals surface area contributed by atoms with Crippen molar-refractivity contribution in [3.8, 4) is 5.75 Å². The second kappa shape index (κ2) is 11.2. The molecule has 0 spiro atoms. The fraction of sp³-hybridized carbons (Fsp3) is 0.333. The fourth-order valence-corrected chi connectivity index (χ4v) is 4.25. The molecule has 168 valence electrons. The van der Waals surface area contributed by atoms with Crippen molar-refractivity contribution in [2.75, 3.05) is 32.8 Å². The van der Waals surface area contributed by atoms with Crippen molar-refractivity contribution < 1.29 is 18.7 Å². The third kappa shape index (κ3) is 6.59. The Hall–Kier alpha value is -2.81. The van der Waals surface area contributed by atoms with E-state index in [0.717, 1.165) is 43.4 Å². The number of hydrogen-bond donors (Lipinski definition) is 1. The molecule has 1 N–H and O–H groups in total. The predicted molar refractivity (Wildman–Crippen MR) is 121 cm³/mol. The zero-order valence-electron chi connectivity index (χ0n) is 17.7. The van der Waals surface area contributed by atoms with Crippen molar-refractivity contribution in [1.82, 2.24) is 15.2 Å². The molecule has 0 aliphatic carbocycles. The molecule has 1 aromatic heterocycles. The van der Waals surface area contributed by atoms with Gasteiger partial charge < -0.3 is 14.8 Å². The highest BCUT2D eigenvalue weighted by atomic mass is 32.1. The van der Waals surface area contributed by atoms with Gasteiger partial charge in [0.15, 0.2) is 0 Å². The molecule has 1 saturated heterocycles. The third-order valence-electron chi connectivity index (χ3n) is 5.20. The number of hydrogen-bond acceptors (Lipinski definition) is 6. The summed E-state index contributed by atoms with van der Waals surface area (Å²) in [6.07, 6.45) is 0.208. The third-order valence-corrected chi connectivity index (χ3v) is 6.07. The van der Waals surface area contributed by atoms with Crippen LogP contribution in [0.4, 0.5) is 4.39 Å². The van der Waals surface area contributed by atoms with Crippen LogP contribution < -0.4 is 10.1 Å². The molecule has 2 aromatic carbocycles. The minimum absolute atomic E-state index is 0.0663. The molecule has 3 aromatic rings. The van der Waals surface area contributed by atoms with Crippen LogP contribution in [0.15, 0.2) is 60.0 Å². The number of ether oxygens (including phenoxy) is 2. The molecule has 0 saturated carbocycles. The van der Waals surface area contributed by atoms with Crippen molar-refractivity contribution in [3.63, 3.8) is 0 Å². The lowest BCUT2D eigenvalue weighted by Gasteiger charge is -2.31. The first kappa shape index (κ1) is 22.4. The average Bonchev–Trinajstić information content (AvgIpc) is 3.26. The number of halogens is 1. The molecule has 1 atom stereocenters. The molecular formula is C24H26FN3O3S. The lowest BCUT2D eigenvalue weighted by molar-refractivity contribution is -0.121. The first-order chi connectivity index (χ1) is 15.7. The van der Waals surface area contributed by atoms with E-state index in [0.29, 0.717) is 11.4 Å². The van der Waals surface area contributed by atoms with Gasteiger partial charge in [0.1, 0.15) is 23.2 Å². The maximum atomic E-state index is 13.0. The van der Waals surface area contributed by atoms with Gasteiger partial charge >= 0.3 is 0 Å². The van der Waals surface area contributed by atoms with Gasteiger partial charge in [0.2, 0.25) is 5.91 Å². The molecule has 0 bridgehead atoms. The SMILES string of the molecule is O=C(Cc1csc(COc2ccc(F)cc2)n1)N[C@H](CN1CCOCC1)c1ccccc1. The van der Waals surface area contributed by atoms with E-state index >= 15 is 0 Å². The van der Waals surface area contributed by atoms with Crippen LogP contribution in [0, 0.1) is 5.82 Å². The van der Waals surface area contributed by atoms with Gasteiger partial charge in [-0.05, 0) is 29.8 Å². The summed E-state index contributed by atoms with van der Waals surface area (Å²) in [6, 6.07) is 15.8. The van der Waals surface area contributed by atoms with Gasteiger partial charge in [-0.15, -0.1) is 11.3 Å². The largest absolute Gasteiger partial charge is 0.486 e. The highest BCUT2D eigenvalue weighted by molar-refractivity contribution is 7.09. The normalized spacial score (nSPS) is 15.3. The van der Waals surface area contributed by atoms with Gasteiger partial charge in [0, 0.05) is 25.0 Å². The first-order valence-electron chi connectivity index (χ1n) is 10.6. The van der Waals surface area contributed by atoms with Gasteiger partial charge in [-0.25, -0.2) is 9.37 Å². The van der Waals surface area contributed by atoms with Crippen LogP contribution in [0.2, 0.25) is 0 Å². The van der Waals surface area contributed by atoms with Gasteiger partial charge in [-0.2, -0.15) is 0 Å².